The fourth-order valence-electron chi connectivity index (χ4n) is 1.14. The molecular weight excluding hydrogens is 274 g/mol. The minimum Gasteiger partial charge on any atom is -0.477 e. The van der Waals surface area contributed by atoms with Crippen molar-refractivity contribution in [3.05, 3.63) is 38.7 Å². The van der Waals surface area contributed by atoms with Gasteiger partial charge in [-0.3, -0.25) is 19.4 Å². The van der Waals surface area contributed by atoms with Crippen molar-refractivity contribution in [2.45, 2.75) is 10.3 Å². The normalized spacial score (nSPS) is 10.4. The van der Waals surface area contributed by atoms with Gasteiger partial charge in [-0.25, -0.2) is 14.8 Å². The molecule has 0 saturated heterocycles. The minimum atomic E-state index is -1.19. The lowest BCUT2D eigenvalue weighted by Gasteiger charge is -2.04. The Balaban J connectivity index is 2.39. The van der Waals surface area contributed by atoms with Gasteiger partial charge in [0.15, 0.2) is 16.0 Å². The second-order valence-corrected chi connectivity index (χ2v) is 4.27. The topological polar surface area (TPSA) is 131 Å². The lowest BCUT2D eigenvalue weighted by molar-refractivity contribution is 0.0689. The van der Waals surface area contributed by atoms with Crippen LogP contribution < -0.4 is 11.1 Å². The van der Waals surface area contributed by atoms with Gasteiger partial charge in [0, 0.05) is 13.2 Å². The molecule has 0 unspecified atom stereocenters. The Morgan fingerprint density at radius 3 is 2.84 bits per heavy atom. The van der Waals surface area contributed by atoms with E-state index in [0.717, 1.165) is 11.8 Å². The molecule has 98 valence electrons. The van der Waals surface area contributed by atoms with E-state index < -0.39 is 17.1 Å². The lowest BCUT2D eigenvalue weighted by atomic mass is 10.4. The third-order valence-corrected chi connectivity index (χ3v) is 2.91. The van der Waals surface area contributed by atoms with E-state index in [-0.39, 0.29) is 16.0 Å². The average molecular weight is 281 g/mol. The first-order chi connectivity index (χ1) is 8.97. The number of aromatic nitrogens is 5. The number of carboxylic acids is 1. The van der Waals surface area contributed by atoms with E-state index in [9.17, 15) is 14.4 Å². The Morgan fingerprint density at radius 1 is 1.42 bits per heavy atom. The van der Waals surface area contributed by atoms with Gasteiger partial charge in [-0.05, 0) is 17.8 Å². The Bertz CT molecular complexity index is 753. The molecule has 0 saturated carbocycles. The fraction of sp³-hybridized carbons (Fsp3) is 0.111. The van der Waals surface area contributed by atoms with Gasteiger partial charge in [0.1, 0.15) is 0 Å². The smallest absolute Gasteiger partial charge is 0.354 e. The summed E-state index contributed by atoms with van der Waals surface area (Å²) in [6.45, 7) is 0. The van der Waals surface area contributed by atoms with E-state index in [1.54, 1.807) is 0 Å². The predicted molar refractivity (Wildman–Crippen MR) is 63.2 cm³/mol. The second-order valence-electron chi connectivity index (χ2n) is 3.33. The molecule has 0 aliphatic rings. The van der Waals surface area contributed by atoms with Crippen LogP contribution in [0.3, 0.4) is 0 Å². The predicted octanol–water partition coefficient (Wildman–Crippen LogP) is -0.892. The van der Waals surface area contributed by atoms with E-state index in [4.69, 9.17) is 5.11 Å². The second kappa shape index (κ2) is 5.02. The summed E-state index contributed by atoms with van der Waals surface area (Å²) in [4.78, 5) is 44.1. The van der Waals surface area contributed by atoms with Gasteiger partial charge in [0.05, 0.1) is 0 Å². The van der Waals surface area contributed by atoms with E-state index in [1.165, 1.54) is 24.0 Å². The van der Waals surface area contributed by atoms with Crippen LogP contribution in [0.1, 0.15) is 10.5 Å². The number of aromatic carboxylic acids is 1. The molecular formula is C9H7N5O4S. The van der Waals surface area contributed by atoms with Gasteiger partial charge in [0.2, 0.25) is 0 Å². The molecule has 0 bridgehead atoms. The maximum Gasteiger partial charge on any atom is 0.354 e. The molecule has 0 radical (unpaired) electrons. The van der Waals surface area contributed by atoms with Crippen molar-refractivity contribution in [2.24, 2.45) is 7.05 Å². The Kier molecular flexibility index (Phi) is 3.42. The van der Waals surface area contributed by atoms with E-state index in [0.29, 0.717) is 0 Å². The van der Waals surface area contributed by atoms with Gasteiger partial charge in [0.25, 0.3) is 0 Å². The molecule has 2 rings (SSSR count). The number of nitrogens with zero attached hydrogens (tertiary/aromatic N) is 4. The summed E-state index contributed by atoms with van der Waals surface area (Å²) in [6.07, 6.45) is 1.28. The molecule has 2 N–H and O–H groups in total. The summed E-state index contributed by atoms with van der Waals surface area (Å²) in [5.41, 5.74) is -1.95. The van der Waals surface area contributed by atoms with Crippen molar-refractivity contribution in [1.82, 2.24) is 24.7 Å². The average Bonchev–Trinajstić information content (AvgIpc) is 2.36. The molecule has 0 aliphatic heterocycles. The summed E-state index contributed by atoms with van der Waals surface area (Å²) >= 11 is 0.865. The first-order valence-corrected chi connectivity index (χ1v) is 5.70. The largest absolute Gasteiger partial charge is 0.477 e. The third kappa shape index (κ3) is 2.85. The van der Waals surface area contributed by atoms with E-state index in [2.05, 4.69) is 20.1 Å². The van der Waals surface area contributed by atoms with Gasteiger partial charge in [-0.2, -0.15) is 4.98 Å². The maximum atomic E-state index is 11.1. The first-order valence-electron chi connectivity index (χ1n) is 4.89. The summed E-state index contributed by atoms with van der Waals surface area (Å²) in [5.74, 6) is -1.19. The van der Waals surface area contributed by atoms with Gasteiger partial charge in [-0.1, -0.05) is 0 Å². The number of aromatic amines is 1. The van der Waals surface area contributed by atoms with Gasteiger partial charge < -0.3 is 5.11 Å². The maximum absolute atomic E-state index is 11.1. The van der Waals surface area contributed by atoms with Crippen LogP contribution in [0.5, 0.6) is 0 Å². The molecule has 0 atom stereocenters. The van der Waals surface area contributed by atoms with Crippen LogP contribution in [0.2, 0.25) is 0 Å². The van der Waals surface area contributed by atoms with Crippen molar-refractivity contribution >= 4 is 17.7 Å². The van der Waals surface area contributed by atoms with Crippen LogP contribution >= 0.6 is 11.8 Å². The summed E-state index contributed by atoms with van der Waals surface area (Å²) in [5, 5.41) is 11.3. The Hall–Kier alpha value is -2.49. The first kappa shape index (κ1) is 13.0. The highest BCUT2D eigenvalue weighted by atomic mass is 32.2. The Labute approximate surface area is 109 Å². The van der Waals surface area contributed by atoms with E-state index >= 15 is 0 Å². The monoisotopic (exact) mass is 281 g/mol. The third-order valence-electron chi connectivity index (χ3n) is 1.98. The number of aryl methyl sites for hydroxylation is 1. The van der Waals surface area contributed by atoms with Crippen LogP contribution in [0.15, 0.2) is 32.2 Å². The molecule has 2 aromatic rings. The fourth-order valence-corrected chi connectivity index (χ4v) is 1.87. The summed E-state index contributed by atoms with van der Waals surface area (Å²) in [7, 11) is 1.48. The number of carboxylic acid groups (broad SMARTS) is 1. The zero-order chi connectivity index (χ0) is 14.0. The molecule has 9 nitrogen and oxygen atoms in total. The number of carbonyl (C=O) groups is 1. The van der Waals surface area contributed by atoms with Crippen molar-refractivity contribution in [3.63, 3.8) is 0 Å². The molecule has 0 amide bonds. The van der Waals surface area contributed by atoms with Crippen LogP contribution in [0.25, 0.3) is 0 Å². The van der Waals surface area contributed by atoms with Crippen LogP contribution in [-0.4, -0.2) is 35.8 Å². The molecule has 2 aromatic heterocycles. The molecule has 10 heteroatoms. The highest BCUT2D eigenvalue weighted by Gasteiger charge is 2.11. The van der Waals surface area contributed by atoms with Crippen molar-refractivity contribution < 1.29 is 9.90 Å². The number of nitrogens with one attached hydrogen (secondary N) is 1. The minimum absolute atomic E-state index is 0.106. The molecule has 0 aromatic carbocycles. The zero-order valence-corrected chi connectivity index (χ0v) is 10.3. The molecule has 0 spiro atoms. The van der Waals surface area contributed by atoms with Gasteiger partial charge >= 0.3 is 17.1 Å². The quantitative estimate of drug-likeness (QED) is 0.547. The van der Waals surface area contributed by atoms with Crippen LogP contribution in [-0.2, 0) is 7.05 Å². The summed E-state index contributed by atoms with van der Waals surface area (Å²) < 4.78 is 1.23. The summed E-state index contributed by atoms with van der Waals surface area (Å²) in [6, 6.07) is 1.24. The lowest BCUT2D eigenvalue weighted by Crippen LogP contribution is -2.33. The molecule has 0 aliphatic carbocycles. The van der Waals surface area contributed by atoms with E-state index in [1.807, 2.05) is 0 Å². The van der Waals surface area contributed by atoms with Gasteiger partial charge in [-0.15, -0.1) is 0 Å². The van der Waals surface area contributed by atoms with Crippen molar-refractivity contribution in [1.29, 1.82) is 0 Å². The molecule has 0 fully saturated rings. The standard InChI is InChI=1S/C9H7N5O4S/c1-14-9(12-5(15)6(16)13-14)19-8-10-3-2-4(11-8)7(17)18/h2-3H,1H3,(H,13,16)(H,17,18). The highest BCUT2D eigenvalue weighted by molar-refractivity contribution is 7.99. The number of H-pyrrole nitrogens is 1. The SMILES string of the molecule is Cn1[nH]c(=O)c(=O)nc1Sc1nccc(C(=O)O)n1. The Morgan fingerprint density at radius 2 is 2.16 bits per heavy atom. The van der Waals surface area contributed by atoms with Crippen molar-refractivity contribution in [2.75, 3.05) is 0 Å². The molecule has 19 heavy (non-hydrogen) atoms. The highest BCUT2D eigenvalue weighted by Crippen LogP contribution is 2.19. The number of hydrogen-bond donors (Lipinski definition) is 2. The van der Waals surface area contributed by atoms with Crippen LogP contribution in [0.4, 0.5) is 0 Å². The zero-order valence-electron chi connectivity index (χ0n) is 9.52. The molecule has 2 heterocycles. The van der Waals surface area contributed by atoms with Crippen molar-refractivity contribution in [3.8, 4) is 0 Å². The van der Waals surface area contributed by atoms with Crippen LogP contribution in [0, 0.1) is 0 Å². The number of rotatable bonds is 3. The number of hydrogen-bond acceptors (Lipinski definition) is 7.